The molecule has 0 spiro atoms. The highest BCUT2D eigenvalue weighted by Gasteiger charge is 2.25. The molecule has 1 aliphatic rings. The molecule has 2 heteroatoms. The van der Waals surface area contributed by atoms with Gasteiger partial charge in [0.2, 0.25) is 0 Å². The molecular formula is C12H29N2+. The second-order valence-electron chi connectivity index (χ2n) is 3.39. The SMILES string of the molecule is CC.CC.CC(N)[N+]1(C)CC=CCC1. The highest BCUT2D eigenvalue weighted by molar-refractivity contribution is 4.85. The Labute approximate surface area is 90.4 Å². The number of hydrogen-bond acceptors (Lipinski definition) is 1. The Morgan fingerprint density at radius 1 is 1.14 bits per heavy atom. The van der Waals surface area contributed by atoms with Crippen LogP contribution in [0.3, 0.4) is 0 Å². The molecule has 2 nitrogen and oxygen atoms in total. The summed E-state index contributed by atoms with van der Waals surface area (Å²) in [4.78, 5) is 0. The van der Waals surface area contributed by atoms with Gasteiger partial charge in [-0.25, -0.2) is 0 Å². The number of hydrogen-bond donors (Lipinski definition) is 1. The molecule has 1 rings (SSSR count). The van der Waals surface area contributed by atoms with Crippen molar-refractivity contribution >= 4 is 0 Å². The van der Waals surface area contributed by atoms with Gasteiger partial charge in [-0.1, -0.05) is 33.8 Å². The predicted octanol–water partition coefficient (Wildman–Crippen LogP) is 2.75. The number of nitrogens with two attached hydrogens (primary N) is 1. The fraction of sp³-hybridized carbons (Fsp3) is 0.833. The number of nitrogens with zero attached hydrogens (tertiary/aromatic N) is 1. The molecule has 0 radical (unpaired) electrons. The molecule has 0 aromatic heterocycles. The van der Waals surface area contributed by atoms with Gasteiger partial charge in [0, 0.05) is 13.3 Å². The van der Waals surface area contributed by atoms with E-state index in [0.717, 1.165) is 11.0 Å². The van der Waals surface area contributed by atoms with E-state index in [-0.39, 0.29) is 6.17 Å². The Morgan fingerprint density at radius 2 is 1.64 bits per heavy atom. The van der Waals surface area contributed by atoms with Crippen LogP contribution in [0.15, 0.2) is 12.2 Å². The van der Waals surface area contributed by atoms with Crippen LogP contribution in [0, 0.1) is 0 Å². The monoisotopic (exact) mass is 201 g/mol. The molecule has 2 unspecified atom stereocenters. The molecule has 0 aromatic carbocycles. The minimum absolute atomic E-state index is 0.268. The third-order valence-electron chi connectivity index (χ3n) is 2.48. The van der Waals surface area contributed by atoms with Crippen molar-refractivity contribution in [1.29, 1.82) is 0 Å². The van der Waals surface area contributed by atoms with Crippen LogP contribution < -0.4 is 5.73 Å². The molecule has 14 heavy (non-hydrogen) atoms. The minimum Gasteiger partial charge on any atom is -0.308 e. The summed E-state index contributed by atoms with van der Waals surface area (Å²) in [6.45, 7) is 12.4. The summed E-state index contributed by atoms with van der Waals surface area (Å²) < 4.78 is 0.997. The van der Waals surface area contributed by atoms with Crippen molar-refractivity contribution in [2.75, 3.05) is 20.1 Å². The van der Waals surface area contributed by atoms with Crippen molar-refractivity contribution in [2.24, 2.45) is 5.73 Å². The lowest BCUT2D eigenvalue weighted by molar-refractivity contribution is -0.927. The summed E-state index contributed by atoms with van der Waals surface area (Å²) in [6.07, 6.45) is 5.91. The number of likely N-dealkylation sites (N-methyl/N-ethyl adjacent to an activating group) is 1. The molecule has 0 saturated heterocycles. The summed E-state index contributed by atoms with van der Waals surface area (Å²) in [5.41, 5.74) is 5.84. The topological polar surface area (TPSA) is 26.0 Å². The largest absolute Gasteiger partial charge is 0.308 e. The first kappa shape index (κ1) is 16.1. The van der Waals surface area contributed by atoms with Crippen molar-refractivity contribution in [3.05, 3.63) is 12.2 Å². The molecule has 0 bridgehead atoms. The zero-order valence-corrected chi connectivity index (χ0v) is 10.9. The Morgan fingerprint density at radius 3 is 1.86 bits per heavy atom. The van der Waals surface area contributed by atoms with Crippen LogP contribution in [-0.4, -0.2) is 30.8 Å². The van der Waals surface area contributed by atoms with Crippen LogP contribution >= 0.6 is 0 Å². The summed E-state index contributed by atoms with van der Waals surface area (Å²) >= 11 is 0. The maximum atomic E-state index is 5.84. The zero-order valence-electron chi connectivity index (χ0n) is 10.9. The molecule has 86 valence electrons. The lowest BCUT2D eigenvalue weighted by Gasteiger charge is -2.38. The van der Waals surface area contributed by atoms with Crippen LogP contribution in [0.4, 0.5) is 0 Å². The highest BCUT2D eigenvalue weighted by Crippen LogP contribution is 2.12. The third kappa shape index (κ3) is 5.40. The van der Waals surface area contributed by atoms with E-state index in [0.29, 0.717) is 0 Å². The molecule has 0 saturated carbocycles. The van der Waals surface area contributed by atoms with Gasteiger partial charge in [-0.15, -0.1) is 0 Å². The molecule has 2 atom stereocenters. The van der Waals surface area contributed by atoms with Crippen molar-refractivity contribution in [2.45, 2.75) is 47.2 Å². The van der Waals surface area contributed by atoms with E-state index in [1.54, 1.807) is 0 Å². The van der Waals surface area contributed by atoms with E-state index in [9.17, 15) is 0 Å². The quantitative estimate of drug-likeness (QED) is 0.512. The Kier molecular flexibility index (Phi) is 10.6. The first-order valence-electron chi connectivity index (χ1n) is 5.90. The van der Waals surface area contributed by atoms with Crippen LogP contribution in [0.2, 0.25) is 0 Å². The van der Waals surface area contributed by atoms with E-state index in [1.807, 2.05) is 27.7 Å². The van der Waals surface area contributed by atoms with Crippen LogP contribution in [0.25, 0.3) is 0 Å². The van der Waals surface area contributed by atoms with Crippen molar-refractivity contribution in [3.63, 3.8) is 0 Å². The van der Waals surface area contributed by atoms with Gasteiger partial charge >= 0.3 is 0 Å². The van der Waals surface area contributed by atoms with Gasteiger partial charge in [0.25, 0.3) is 0 Å². The van der Waals surface area contributed by atoms with E-state index in [2.05, 4.69) is 26.1 Å². The van der Waals surface area contributed by atoms with Gasteiger partial charge in [0.05, 0.1) is 20.1 Å². The minimum atomic E-state index is 0.268. The first-order valence-corrected chi connectivity index (χ1v) is 5.90. The van der Waals surface area contributed by atoms with Crippen molar-refractivity contribution in [1.82, 2.24) is 0 Å². The molecule has 2 N–H and O–H groups in total. The van der Waals surface area contributed by atoms with Gasteiger partial charge < -0.3 is 4.48 Å². The molecule has 0 fully saturated rings. The molecule has 1 heterocycles. The number of quaternary nitrogens is 1. The lowest BCUT2D eigenvalue weighted by Crippen LogP contribution is -2.56. The normalized spacial score (nSPS) is 26.5. The molecule has 0 aromatic rings. The van der Waals surface area contributed by atoms with Gasteiger partial charge in [0.15, 0.2) is 0 Å². The molecule has 0 amide bonds. The van der Waals surface area contributed by atoms with Crippen LogP contribution in [0.1, 0.15) is 41.0 Å². The molecule has 1 aliphatic heterocycles. The second-order valence-corrected chi connectivity index (χ2v) is 3.39. The third-order valence-corrected chi connectivity index (χ3v) is 2.48. The summed E-state index contributed by atoms with van der Waals surface area (Å²) in [5, 5.41) is 0. The average molecular weight is 201 g/mol. The van der Waals surface area contributed by atoms with Crippen molar-refractivity contribution in [3.8, 4) is 0 Å². The van der Waals surface area contributed by atoms with E-state index >= 15 is 0 Å². The highest BCUT2D eigenvalue weighted by atomic mass is 15.4. The maximum Gasteiger partial charge on any atom is 0.137 e. The summed E-state index contributed by atoms with van der Waals surface area (Å²) in [7, 11) is 2.22. The van der Waals surface area contributed by atoms with E-state index in [4.69, 9.17) is 5.73 Å². The molecule has 0 aliphatic carbocycles. The van der Waals surface area contributed by atoms with Crippen LogP contribution in [-0.2, 0) is 0 Å². The summed E-state index contributed by atoms with van der Waals surface area (Å²) in [6, 6.07) is 0. The number of rotatable bonds is 1. The molecular weight excluding hydrogens is 172 g/mol. The average Bonchev–Trinajstić information content (AvgIpc) is 2.25. The Balaban J connectivity index is 0. The maximum absolute atomic E-state index is 5.84. The standard InChI is InChI=1S/C8H17N2.2C2H6/c1-8(9)10(2)6-4-3-5-7-10;2*1-2/h3-4,8H,5-7,9H2,1-2H3;2*1-2H3/q+1;;. The van der Waals surface area contributed by atoms with Crippen LogP contribution in [0.5, 0.6) is 0 Å². The summed E-state index contributed by atoms with van der Waals surface area (Å²) in [5.74, 6) is 0. The lowest BCUT2D eigenvalue weighted by atomic mass is 10.2. The first-order chi connectivity index (χ1) is 6.65. The smallest absolute Gasteiger partial charge is 0.137 e. The zero-order chi connectivity index (χ0) is 11.6. The second kappa shape index (κ2) is 9.22. The van der Waals surface area contributed by atoms with Gasteiger partial charge in [-0.2, -0.15) is 0 Å². The Bertz CT molecular complexity index is 141. The fourth-order valence-electron chi connectivity index (χ4n) is 1.26. The van der Waals surface area contributed by atoms with Gasteiger partial charge in [-0.05, 0) is 6.08 Å². The van der Waals surface area contributed by atoms with E-state index in [1.165, 1.54) is 13.0 Å². The van der Waals surface area contributed by atoms with Gasteiger partial charge in [-0.3, -0.25) is 5.73 Å². The fourth-order valence-corrected chi connectivity index (χ4v) is 1.26. The van der Waals surface area contributed by atoms with E-state index < -0.39 is 0 Å². The predicted molar refractivity (Wildman–Crippen MR) is 66.0 cm³/mol. The Hall–Kier alpha value is -0.340. The van der Waals surface area contributed by atoms with Crippen molar-refractivity contribution < 1.29 is 4.48 Å². The van der Waals surface area contributed by atoms with Gasteiger partial charge in [0.1, 0.15) is 6.17 Å².